The molecular formula is C20H26N4. The normalized spacial score (nSPS) is 19.1. The summed E-state index contributed by atoms with van der Waals surface area (Å²) in [5.41, 5.74) is 2.75. The summed E-state index contributed by atoms with van der Waals surface area (Å²) in [5.74, 6) is 0. The van der Waals surface area contributed by atoms with E-state index in [-0.39, 0.29) is 0 Å². The molecule has 1 saturated heterocycles. The number of aromatic nitrogens is 3. The molecule has 0 radical (unpaired) electrons. The number of hydrogen-bond donors (Lipinski definition) is 0. The quantitative estimate of drug-likeness (QED) is 0.714. The number of hydrogen-bond acceptors (Lipinski definition) is 2. The van der Waals surface area contributed by atoms with Crippen LogP contribution in [0.4, 0.5) is 0 Å². The second-order valence-corrected chi connectivity index (χ2v) is 6.96. The molecule has 1 aliphatic rings. The van der Waals surface area contributed by atoms with Gasteiger partial charge in [-0.2, -0.15) is 0 Å². The fraction of sp³-hybridized carbons (Fsp3) is 0.450. The first-order chi connectivity index (χ1) is 11.8. The fourth-order valence-electron chi connectivity index (χ4n) is 4.02. The van der Waals surface area contributed by atoms with Gasteiger partial charge in [-0.25, -0.2) is 4.98 Å². The average Bonchev–Trinajstić information content (AvgIpc) is 3.23. The molecule has 0 aliphatic carbocycles. The van der Waals surface area contributed by atoms with Gasteiger partial charge in [-0.1, -0.05) is 24.6 Å². The minimum Gasteiger partial charge on any atom is -0.346 e. The third kappa shape index (κ3) is 3.11. The van der Waals surface area contributed by atoms with Gasteiger partial charge in [-0.15, -0.1) is 0 Å². The maximum Gasteiger partial charge on any atom is 0.0945 e. The molecule has 2 aromatic heterocycles. The molecule has 0 saturated carbocycles. The molecule has 126 valence electrons. The SMILES string of the molecule is Cn1c(CN2CCCC[C@H]2CCn2ccnc2)cc2ccccc21. The van der Waals surface area contributed by atoms with Crippen molar-refractivity contribution in [1.29, 1.82) is 0 Å². The Bertz CT molecular complexity index is 787. The Labute approximate surface area is 143 Å². The highest BCUT2D eigenvalue weighted by molar-refractivity contribution is 5.81. The lowest BCUT2D eigenvalue weighted by Crippen LogP contribution is -2.39. The van der Waals surface area contributed by atoms with E-state index >= 15 is 0 Å². The van der Waals surface area contributed by atoms with Crippen LogP contribution in [0.2, 0.25) is 0 Å². The topological polar surface area (TPSA) is 26.0 Å². The summed E-state index contributed by atoms with van der Waals surface area (Å²) in [6, 6.07) is 11.7. The molecule has 0 N–H and O–H groups in total. The van der Waals surface area contributed by atoms with Crippen molar-refractivity contribution in [3.8, 4) is 0 Å². The molecule has 0 amide bonds. The lowest BCUT2D eigenvalue weighted by atomic mass is 9.99. The van der Waals surface area contributed by atoms with Crippen molar-refractivity contribution in [2.24, 2.45) is 7.05 Å². The number of imidazole rings is 1. The number of rotatable bonds is 5. The minimum absolute atomic E-state index is 0.680. The van der Waals surface area contributed by atoms with Crippen molar-refractivity contribution in [1.82, 2.24) is 19.0 Å². The van der Waals surface area contributed by atoms with Gasteiger partial charge in [0.25, 0.3) is 0 Å². The highest BCUT2D eigenvalue weighted by Gasteiger charge is 2.23. The molecule has 3 heterocycles. The number of aryl methyl sites for hydroxylation is 2. The van der Waals surface area contributed by atoms with Gasteiger partial charge >= 0.3 is 0 Å². The second kappa shape index (κ2) is 6.81. The first kappa shape index (κ1) is 15.5. The number of fused-ring (bicyclic) bond motifs is 1. The van der Waals surface area contributed by atoms with Gasteiger partial charge in [0.15, 0.2) is 0 Å². The Kier molecular flexibility index (Phi) is 4.39. The second-order valence-electron chi connectivity index (χ2n) is 6.96. The van der Waals surface area contributed by atoms with Crippen LogP contribution in [0.15, 0.2) is 49.1 Å². The predicted molar refractivity (Wildman–Crippen MR) is 97.8 cm³/mol. The van der Waals surface area contributed by atoms with Crippen LogP contribution in [-0.4, -0.2) is 31.6 Å². The standard InChI is InChI=1S/C20H26N4/c1-22-19(14-17-6-2-3-8-20(17)22)15-24-11-5-4-7-18(24)9-12-23-13-10-21-16-23/h2-3,6,8,10,13-14,16,18H,4-5,7,9,11-12,15H2,1H3/t18-/m0/s1. The van der Waals surface area contributed by atoms with Gasteiger partial charge in [-0.05, 0) is 43.3 Å². The molecule has 24 heavy (non-hydrogen) atoms. The summed E-state index contributed by atoms with van der Waals surface area (Å²) in [7, 11) is 2.20. The van der Waals surface area contributed by atoms with Crippen LogP contribution >= 0.6 is 0 Å². The molecule has 0 unspecified atom stereocenters. The van der Waals surface area contributed by atoms with E-state index in [9.17, 15) is 0 Å². The van der Waals surface area contributed by atoms with E-state index in [1.807, 2.05) is 12.5 Å². The molecule has 1 atom stereocenters. The number of piperidine rings is 1. The Morgan fingerprint density at radius 3 is 2.96 bits per heavy atom. The maximum atomic E-state index is 4.15. The molecule has 1 aromatic carbocycles. The monoisotopic (exact) mass is 322 g/mol. The summed E-state index contributed by atoms with van der Waals surface area (Å²) in [4.78, 5) is 6.84. The minimum atomic E-state index is 0.680. The van der Waals surface area contributed by atoms with Gasteiger partial charge in [0.1, 0.15) is 0 Å². The Morgan fingerprint density at radius 1 is 1.21 bits per heavy atom. The molecule has 1 aliphatic heterocycles. The van der Waals surface area contributed by atoms with Crippen molar-refractivity contribution in [3.05, 3.63) is 54.7 Å². The van der Waals surface area contributed by atoms with Crippen molar-refractivity contribution < 1.29 is 0 Å². The molecule has 3 aromatic rings. The van der Waals surface area contributed by atoms with Crippen molar-refractivity contribution in [3.63, 3.8) is 0 Å². The van der Waals surface area contributed by atoms with E-state index < -0.39 is 0 Å². The predicted octanol–water partition coefficient (Wildman–Crippen LogP) is 3.82. The van der Waals surface area contributed by atoms with Crippen LogP contribution in [0.3, 0.4) is 0 Å². The lowest BCUT2D eigenvalue weighted by Gasteiger charge is -2.36. The van der Waals surface area contributed by atoms with E-state index in [0.29, 0.717) is 6.04 Å². The Hall–Kier alpha value is -2.07. The van der Waals surface area contributed by atoms with Gasteiger partial charge in [0, 0.05) is 49.8 Å². The van der Waals surface area contributed by atoms with E-state index in [4.69, 9.17) is 0 Å². The summed E-state index contributed by atoms with van der Waals surface area (Å²) >= 11 is 0. The molecule has 0 bridgehead atoms. The number of para-hydroxylation sites is 1. The van der Waals surface area contributed by atoms with Crippen LogP contribution in [-0.2, 0) is 20.1 Å². The largest absolute Gasteiger partial charge is 0.346 e. The smallest absolute Gasteiger partial charge is 0.0945 e. The number of likely N-dealkylation sites (tertiary alicyclic amines) is 1. The summed E-state index contributed by atoms with van der Waals surface area (Å²) < 4.78 is 4.56. The zero-order valence-corrected chi connectivity index (χ0v) is 14.4. The zero-order valence-electron chi connectivity index (χ0n) is 14.4. The van der Waals surface area contributed by atoms with Crippen molar-refractivity contribution in [2.45, 2.75) is 44.8 Å². The van der Waals surface area contributed by atoms with E-state index in [0.717, 1.165) is 13.1 Å². The lowest BCUT2D eigenvalue weighted by molar-refractivity contribution is 0.126. The zero-order chi connectivity index (χ0) is 16.4. The summed E-state index contributed by atoms with van der Waals surface area (Å²) in [5, 5.41) is 1.35. The molecule has 0 spiro atoms. The van der Waals surface area contributed by atoms with Crippen LogP contribution in [0, 0.1) is 0 Å². The highest BCUT2D eigenvalue weighted by atomic mass is 15.2. The third-order valence-electron chi connectivity index (χ3n) is 5.44. The molecule has 1 fully saturated rings. The highest BCUT2D eigenvalue weighted by Crippen LogP contribution is 2.25. The fourth-order valence-corrected chi connectivity index (χ4v) is 4.02. The first-order valence-electron chi connectivity index (χ1n) is 9.04. The van der Waals surface area contributed by atoms with Gasteiger partial charge in [0.2, 0.25) is 0 Å². The van der Waals surface area contributed by atoms with Crippen LogP contribution < -0.4 is 0 Å². The summed E-state index contributed by atoms with van der Waals surface area (Å²) in [6.07, 6.45) is 11.1. The molecule has 4 nitrogen and oxygen atoms in total. The van der Waals surface area contributed by atoms with E-state index in [2.05, 4.69) is 62.6 Å². The van der Waals surface area contributed by atoms with Gasteiger partial charge in [0.05, 0.1) is 6.33 Å². The molecule has 4 rings (SSSR count). The molecule has 4 heteroatoms. The Balaban J connectivity index is 1.48. The van der Waals surface area contributed by atoms with Gasteiger partial charge in [-0.3, -0.25) is 4.90 Å². The van der Waals surface area contributed by atoms with Crippen molar-refractivity contribution in [2.75, 3.05) is 6.54 Å². The van der Waals surface area contributed by atoms with Gasteiger partial charge < -0.3 is 9.13 Å². The molecular weight excluding hydrogens is 296 g/mol. The Morgan fingerprint density at radius 2 is 2.12 bits per heavy atom. The maximum absolute atomic E-state index is 4.15. The third-order valence-corrected chi connectivity index (χ3v) is 5.44. The van der Waals surface area contributed by atoms with E-state index in [1.54, 1.807) is 0 Å². The first-order valence-corrected chi connectivity index (χ1v) is 9.04. The van der Waals surface area contributed by atoms with Crippen LogP contribution in [0.1, 0.15) is 31.4 Å². The van der Waals surface area contributed by atoms with Crippen LogP contribution in [0.25, 0.3) is 10.9 Å². The average molecular weight is 322 g/mol. The summed E-state index contributed by atoms with van der Waals surface area (Å²) in [6.45, 7) is 3.34. The van der Waals surface area contributed by atoms with Crippen LogP contribution in [0.5, 0.6) is 0 Å². The number of nitrogens with zero attached hydrogens (tertiary/aromatic N) is 4. The van der Waals surface area contributed by atoms with E-state index in [1.165, 1.54) is 48.8 Å². The van der Waals surface area contributed by atoms with Crippen molar-refractivity contribution >= 4 is 10.9 Å². The number of benzene rings is 1.